The molecule has 1 heterocycles. The lowest BCUT2D eigenvalue weighted by atomic mass is 10.1. The molecular formula is C26H26N2O4. The molecule has 0 bridgehead atoms. The fraction of sp³-hybridized carbons (Fsp3) is 0.231. The van der Waals surface area contributed by atoms with Gasteiger partial charge in [-0.3, -0.25) is 9.59 Å². The number of rotatable bonds is 6. The van der Waals surface area contributed by atoms with E-state index in [1.807, 2.05) is 55.5 Å². The number of hydrogen-bond acceptors (Lipinski definition) is 4. The van der Waals surface area contributed by atoms with Crippen molar-refractivity contribution in [1.82, 2.24) is 4.90 Å². The molecule has 1 N–H and O–H groups in total. The molecule has 2 amide bonds. The van der Waals surface area contributed by atoms with E-state index >= 15 is 0 Å². The summed E-state index contributed by atoms with van der Waals surface area (Å²) >= 11 is 0. The van der Waals surface area contributed by atoms with Gasteiger partial charge in [0.25, 0.3) is 11.8 Å². The molecule has 1 aliphatic rings. The Morgan fingerprint density at radius 1 is 1.09 bits per heavy atom. The van der Waals surface area contributed by atoms with Crippen molar-refractivity contribution in [3.63, 3.8) is 0 Å². The third-order valence-electron chi connectivity index (χ3n) is 5.47. The number of carbonyl (C=O) groups excluding carboxylic acids is 2. The van der Waals surface area contributed by atoms with E-state index in [4.69, 9.17) is 9.47 Å². The largest absolute Gasteiger partial charge is 0.496 e. The van der Waals surface area contributed by atoms with Gasteiger partial charge in [0, 0.05) is 24.3 Å². The Hall–Kier alpha value is -3.80. The van der Waals surface area contributed by atoms with Crippen molar-refractivity contribution in [3.8, 4) is 11.5 Å². The monoisotopic (exact) mass is 430 g/mol. The lowest BCUT2D eigenvalue weighted by Crippen LogP contribution is -2.38. The first kappa shape index (κ1) is 21.4. The number of para-hydroxylation sites is 1. The molecule has 1 atom stereocenters. The first-order valence-electron chi connectivity index (χ1n) is 10.7. The van der Waals surface area contributed by atoms with E-state index in [0.717, 1.165) is 11.1 Å². The zero-order valence-electron chi connectivity index (χ0n) is 18.2. The van der Waals surface area contributed by atoms with Gasteiger partial charge in [-0.2, -0.15) is 0 Å². The predicted molar refractivity (Wildman–Crippen MR) is 123 cm³/mol. The number of hydrogen-bond donors (Lipinski definition) is 1. The Morgan fingerprint density at radius 2 is 1.84 bits per heavy atom. The molecule has 6 nitrogen and oxygen atoms in total. The van der Waals surface area contributed by atoms with Gasteiger partial charge in [-0.25, -0.2) is 0 Å². The SMILES string of the molecule is CC[C@@H]1Oc2ccc(NC(=O)c3ccccc3OC)cc2CN(Cc2ccccc2)C1=O. The van der Waals surface area contributed by atoms with Gasteiger partial charge in [0.2, 0.25) is 0 Å². The summed E-state index contributed by atoms with van der Waals surface area (Å²) in [5.74, 6) is 0.873. The van der Waals surface area contributed by atoms with Crippen molar-refractivity contribution in [2.75, 3.05) is 12.4 Å². The van der Waals surface area contributed by atoms with Crippen molar-refractivity contribution < 1.29 is 19.1 Å². The minimum atomic E-state index is -0.533. The number of nitrogens with one attached hydrogen (secondary N) is 1. The maximum Gasteiger partial charge on any atom is 0.264 e. The van der Waals surface area contributed by atoms with Crippen LogP contribution in [0.5, 0.6) is 11.5 Å². The minimum absolute atomic E-state index is 0.0350. The molecule has 1 aliphatic heterocycles. The van der Waals surface area contributed by atoms with E-state index in [1.165, 1.54) is 7.11 Å². The van der Waals surface area contributed by atoms with E-state index in [2.05, 4.69) is 5.32 Å². The molecule has 4 rings (SSSR count). The Balaban J connectivity index is 1.59. The highest BCUT2D eigenvalue weighted by Gasteiger charge is 2.30. The smallest absolute Gasteiger partial charge is 0.264 e. The molecule has 6 heteroatoms. The maximum atomic E-state index is 13.1. The third kappa shape index (κ3) is 4.59. The summed E-state index contributed by atoms with van der Waals surface area (Å²) in [5, 5.41) is 2.93. The molecule has 0 saturated carbocycles. The number of carbonyl (C=O) groups is 2. The van der Waals surface area contributed by atoms with Gasteiger partial charge in [0.15, 0.2) is 6.10 Å². The van der Waals surface area contributed by atoms with E-state index in [0.29, 0.717) is 42.3 Å². The van der Waals surface area contributed by atoms with Gasteiger partial charge in [0.1, 0.15) is 11.5 Å². The van der Waals surface area contributed by atoms with E-state index < -0.39 is 6.10 Å². The molecule has 0 radical (unpaired) electrons. The second kappa shape index (κ2) is 9.56. The van der Waals surface area contributed by atoms with Gasteiger partial charge < -0.3 is 19.7 Å². The number of fused-ring (bicyclic) bond motifs is 1. The number of benzene rings is 3. The number of anilines is 1. The minimum Gasteiger partial charge on any atom is -0.496 e. The van der Waals surface area contributed by atoms with Crippen LogP contribution in [-0.2, 0) is 17.9 Å². The van der Waals surface area contributed by atoms with Crippen LogP contribution >= 0.6 is 0 Å². The molecule has 3 aromatic rings. The summed E-state index contributed by atoms with van der Waals surface area (Å²) < 4.78 is 11.3. The lowest BCUT2D eigenvalue weighted by Gasteiger charge is -2.23. The molecular weight excluding hydrogens is 404 g/mol. The van der Waals surface area contributed by atoms with Gasteiger partial charge in [0.05, 0.1) is 12.7 Å². The standard InChI is InChI=1S/C26H26N2O4/c1-3-22-26(30)28(16-18-9-5-4-6-10-18)17-19-15-20(13-14-23(19)32-22)27-25(29)21-11-7-8-12-24(21)31-2/h4-15,22H,3,16-17H2,1-2H3,(H,27,29)/t22-/m0/s1. The van der Waals surface area contributed by atoms with Gasteiger partial charge >= 0.3 is 0 Å². The molecule has 32 heavy (non-hydrogen) atoms. The normalized spacial score (nSPS) is 15.4. The van der Waals surface area contributed by atoms with Gasteiger partial charge in [-0.05, 0) is 42.3 Å². The highest BCUT2D eigenvalue weighted by Crippen LogP contribution is 2.30. The zero-order chi connectivity index (χ0) is 22.5. The first-order valence-corrected chi connectivity index (χ1v) is 10.7. The molecule has 0 aromatic heterocycles. The molecule has 0 saturated heterocycles. The van der Waals surface area contributed by atoms with Gasteiger partial charge in [-0.15, -0.1) is 0 Å². The molecule has 0 unspecified atom stereocenters. The van der Waals surface area contributed by atoms with E-state index in [-0.39, 0.29) is 11.8 Å². The highest BCUT2D eigenvalue weighted by atomic mass is 16.5. The highest BCUT2D eigenvalue weighted by molar-refractivity contribution is 6.06. The van der Waals surface area contributed by atoms with Crippen LogP contribution in [0, 0.1) is 0 Å². The second-order valence-electron chi connectivity index (χ2n) is 7.67. The average Bonchev–Trinajstić information content (AvgIpc) is 2.95. The quantitative estimate of drug-likeness (QED) is 0.618. The number of ether oxygens (including phenoxy) is 2. The fourth-order valence-electron chi connectivity index (χ4n) is 3.81. The van der Waals surface area contributed by atoms with Crippen LogP contribution in [0.15, 0.2) is 72.8 Å². The van der Waals surface area contributed by atoms with Crippen LogP contribution in [0.3, 0.4) is 0 Å². The average molecular weight is 431 g/mol. The topological polar surface area (TPSA) is 67.9 Å². The van der Waals surface area contributed by atoms with Gasteiger partial charge in [-0.1, -0.05) is 49.4 Å². The Morgan fingerprint density at radius 3 is 2.59 bits per heavy atom. The molecule has 164 valence electrons. The van der Waals surface area contributed by atoms with Crippen LogP contribution in [-0.4, -0.2) is 29.9 Å². The zero-order valence-corrected chi connectivity index (χ0v) is 18.2. The third-order valence-corrected chi connectivity index (χ3v) is 5.47. The summed E-state index contributed by atoms with van der Waals surface area (Å²) in [6, 6.07) is 22.4. The number of methoxy groups -OCH3 is 1. The van der Waals surface area contributed by atoms with Crippen LogP contribution in [0.4, 0.5) is 5.69 Å². The van der Waals surface area contributed by atoms with E-state index in [1.54, 1.807) is 29.2 Å². The lowest BCUT2D eigenvalue weighted by molar-refractivity contribution is -0.139. The van der Waals surface area contributed by atoms with Crippen molar-refractivity contribution in [2.45, 2.75) is 32.5 Å². The van der Waals surface area contributed by atoms with Crippen molar-refractivity contribution >= 4 is 17.5 Å². The van der Waals surface area contributed by atoms with E-state index in [9.17, 15) is 9.59 Å². The summed E-state index contributed by atoms with van der Waals surface area (Å²) in [6.45, 7) is 2.84. The van der Waals surface area contributed by atoms with Crippen LogP contribution in [0.25, 0.3) is 0 Å². The number of nitrogens with zero attached hydrogens (tertiary/aromatic N) is 1. The molecule has 0 spiro atoms. The molecule has 3 aromatic carbocycles. The van der Waals surface area contributed by atoms with Crippen molar-refractivity contribution in [1.29, 1.82) is 0 Å². The molecule has 0 aliphatic carbocycles. The Labute approximate surface area is 187 Å². The number of amides is 2. The fourth-order valence-corrected chi connectivity index (χ4v) is 3.81. The predicted octanol–water partition coefficient (Wildman–Crippen LogP) is 4.65. The second-order valence-corrected chi connectivity index (χ2v) is 7.67. The van der Waals surface area contributed by atoms with Crippen LogP contribution < -0.4 is 14.8 Å². The summed E-state index contributed by atoms with van der Waals surface area (Å²) in [6.07, 6.45) is 0.0459. The maximum absolute atomic E-state index is 13.1. The van der Waals surface area contributed by atoms with Crippen LogP contribution in [0.2, 0.25) is 0 Å². The summed E-state index contributed by atoms with van der Waals surface area (Å²) in [7, 11) is 1.54. The Bertz CT molecular complexity index is 1110. The van der Waals surface area contributed by atoms with Crippen LogP contribution in [0.1, 0.15) is 34.8 Å². The molecule has 0 fully saturated rings. The van der Waals surface area contributed by atoms with Crippen molar-refractivity contribution in [3.05, 3.63) is 89.5 Å². The Kier molecular flexibility index (Phi) is 6.40. The first-order chi connectivity index (χ1) is 15.6. The van der Waals surface area contributed by atoms with Crippen molar-refractivity contribution in [2.24, 2.45) is 0 Å². The summed E-state index contributed by atoms with van der Waals surface area (Å²) in [5.41, 5.74) is 2.99. The summed E-state index contributed by atoms with van der Waals surface area (Å²) in [4.78, 5) is 27.7.